The summed E-state index contributed by atoms with van der Waals surface area (Å²) in [6.07, 6.45) is 2.71. The first-order valence-corrected chi connectivity index (χ1v) is 10.6. The zero-order valence-electron chi connectivity index (χ0n) is 16.0. The van der Waals surface area contributed by atoms with E-state index < -0.39 is 0 Å². The average molecular weight is 356 g/mol. The van der Waals surface area contributed by atoms with Gasteiger partial charge in [-0.25, -0.2) is 0 Å². The molecule has 0 radical (unpaired) electrons. The lowest BCUT2D eigenvalue weighted by atomic mass is 9.60. The highest BCUT2D eigenvalue weighted by atomic mass is 16.3. The van der Waals surface area contributed by atoms with Crippen LogP contribution in [0.3, 0.4) is 0 Å². The number of piperidine rings is 4. The summed E-state index contributed by atoms with van der Waals surface area (Å²) in [7, 11) is 2.22. The standard InChI is InChI=1S/C22H31N2O2/c1-4-12-13-10-16-19-22(14-8-6-7-9-15(14)23(19)3)11-17(18(13)20(22)25)24(16,5-2)21(12)26/h6-9,12-13,16-21,25-26H,4-5,10-11H2,1-3H3/q+1/t12-,13-,16+,17+,18-,19+,20+,21+,22+,24-/m1/s1. The van der Waals surface area contributed by atoms with Gasteiger partial charge in [0.2, 0.25) is 0 Å². The van der Waals surface area contributed by atoms with E-state index in [0.29, 0.717) is 35.9 Å². The second-order valence-electron chi connectivity index (χ2n) is 9.67. The molecule has 0 amide bonds. The Morgan fingerprint density at radius 1 is 1.19 bits per heavy atom. The van der Waals surface area contributed by atoms with E-state index in [4.69, 9.17) is 0 Å². The first-order valence-electron chi connectivity index (χ1n) is 10.6. The molecule has 4 heteroatoms. The lowest BCUT2D eigenvalue weighted by Crippen LogP contribution is -2.82. The molecule has 5 heterocycles. The maximum absolute atomic E-state index is 11.8. The number of rotatable bonds is 2. The number of aliphatic hydroxyl groups is 2. The summed E-state index contributed by atoms with van der Waals surface area (Å²) in [6, 6.07) is 9.93. The van der Waals surface area contributed by atoms with Crippen molar-refractivity contribution in [3.8, 4) is 0 Å². The van der Waals surface area contributed by atoms with Gasteiger partial charge in [-0.1, -0.05) is 25.1 Å². The van der Waals surface area contributed by atoms with Gasteiger partial charge in [-0.15, -0.1) is 0 Å². The van der Waals surface area contributed by atoms with Gasteiger partial charge in [-0.05, 0) is 30.9 Å². The van der Waals surface area contributed by atoms with Crippen LogP contribution in [0.2, 0.25) is 0 Å². The molecule has 1 aromatic rings. The molecule has 5 aliphatic heterocycles. The monoisotopic (exact) mass is 355 g/mol. The van der Waals surface area contributed by atoms with Gasteiger partial charge in [0.05, 0.1) is 30.1 Å². The van der Waals surface area contributed by atoms with Crippen LogP contribution in [0.1, 0.15) is 38.7 Å². The van der Waals surface area contributed by atoms with Gasteiger partial charge in [0.25, 0.3) is 0 Å². The lowest BCUT2D eigenvalue weighted by molar-refractivity contribution is -1.04. The highest BCUT2D eigenvalue weighted by Crippen LogP contribution is 2.71. The lowest BCUT2D eigenvalue weighted by Gasteiger charge is -2.67. The molecule has 2 N–H and O–H groups in total. The van der Waals surface area contributed by atoms with Gasteiger partial charge in [-0.3, -0.25) is 4.48 Å². The molecule has 1 saturated carbocycles. The first-order chi connectivity index (χ1) is 12.5. The Labute approximate surface area is 156 Å². The molecule has 5 fully saturated rings. The van der Waals surface area contributed by atoms with Crippen molar-refractivity contribution in [2.24, 2.45) is 17.8 Å². The fourth-order valence-corrected chi connectivity index (χ4v) is 9.03. The smallest absolute Gasteiger partial charge is 0.194 e. The number of likely N-dealkylation sites (N-methyl/N-ethyl adjacent to an activating group) is 2. The summed E-state index contributed by atoms with van der Waals surface area (Å²) in [6.45, 7) is 5.48. The first kappa shape index (κ1) is 15.9. The van der Waals surface area contributed by atoms with Crippen molar-refractivity contribution >= 4 is 5.69 Å². The zero-order chi connectivity index (χ0) is 18.0. The molecule has 0 aromatic heterocycles. The van der Waals surface area contributed by atoms with Crippen molar-refractivity contribution < 1.29 is 14.7 Å². The van der Waals surface area contributed by atoms with Crippen molar-refractivity contribution in [3.05, 3.63) is 29.8 Å². The fraction of sp³-hybridized carbons (Fsp3) is 0.727. The number of hydrogen-bond acceptors (Lipinski definition) is 3. The Bertz CT molecular complexity index is 783. The van der Waals surface area contributed by atoms with Crippen LogP contribution in [-0.2, 0) is 5.41 Å². The minimum atomic E-state index is -0.272. The van der Waals surface area contributed by atoms with Gasteiger partial charge in [0.15, 0.2) is 6.23 Å². The Balaban J connectivity index is 1.63. The van der Waals surface area contributed by atoms with Crippen LogP contribution in [0.4, 0.5) is 5.69 Å². The van der Waals surface area contributed by atoms with E-state index in [1.165, 1.54) is 17.7 Å². The molecular formula is C22H31N2O2+. The van der Waals surface area contributed by atoms with E-state index >= 15 is 0 Å². The van der Waals surface area contributed by atoms with Gasteiger partial charge in [-0.2, -0.15) is 0 Å². The van der Waals surface area contributed by atoms with Crippen molar-refractivity contribution in [2.45, 2.75) is 69.0 Å². The fourth-order valence-electron chi connectivity index (χ4n) is 9.03. The Morgan fingerprint density at radius 2 is 1.96 bits per heavy atom. The second kappa shape index (κ2) is 4.65. The van der Waals surface area contributed by atoms with Gasteiger partial charge in [0.1, 0.15) is 6.04 Å². The minimum Gasteiger partial charge on any atom is -0.392 e. The number of benzene rings is 1. The molecule has 1 aliphatic carbocycles. The van der Waals surface area contributed by atoms with Gasteiger partial charge >= 0.3 is 0 Å². The van der Waals surface area contributed by atoms with Crippen molar-refractivity contribution in [3.63, 3.8) is 0 Å². The number of fused-ring (bicyclic) bond motifs is 2. The third kappa shape index (κ3) is 1.30. The molecule has 140 valence electrons. The van der Waals surface area contributed by atoms with Crippen LogP contribution in [0.25, 0.3) is 0 Å². The van der Waals surface area contributed by atoms with E-state index in [1.54, 1.807) is 0 Å². The molecule has 1 aromatic carbocycles. The second-order valence-corrected chi connectivity index (χ2v) is 9.67. The van der Waals surface area contributed by atoms with E-state index in [1.807, 2.05) is 0 Å². The molecule has 4 saturated heterocycles. The van der Waals surface area contributed by atoms with Crippen LogP contribution >= 0.6 is 0 Å². The van der Waals surface area contributed by atoms with Gasteiger partial charge < -0.3 is 15.1 Å². The highest BCUT2D eigenvalue weighted by molar-refractivity contribution is 5.66. The highest BCUT2D eigenvalue weighted by Gasteiger charge is 2.82. The summed E-state index contributed by atoms with van der Waals surface area (Å²) < 4.78 is 0.849. The Kier molecular flexibility index (Phi) is 2.85. The van der Waals surface area contributed by atoms with Crippen LogP contribution in [0.5, 0.6) is 0 Å². The third-order valence-corrected chi connectivity index (χ3v) is 9.67. The number of quaternary nitrogens is 1. The molecular weight excluding hydrogens is 324 g/mol. The molecule has 0 unspecified atom stereocenters. The van der Waals surface area contributed by atoms with Crippen LogP contribution in [-0.4, -0.2) is 58.7 Å². The third-order valence-electron chi connectivity index (χ3n) is 9.67. The summed E-state index contributed by atoms with van der Waals surface area (Å²) >= 11 is 0. The average Bonchev–Trinajstić information content (AvgIpc) is 3.04. The van der Waals surface area contributed by atoms with E-state index in [2.05, 4.69) is 50.1 Å². The van der Waals surface area contributed by atoms with Crippen molar-refractivity contribution in [1.29, 1.82) is 0 Å². The predicted molar refractivity (Wildman–Crippen MR) is 101 cm³/mol. The maximum Gasteiger partial charge on any atom is 0.194 e. The largest absolute Gasteiger partial charge is 0.392 e. The Hall–Kier alpha value is -1.10. The topological polar surface area (TPSA) is 43.7 Å². The summed E-state index contributed by atoms with van der Waals surface area (Å²) in [5, 5.41) is 23.4. The molecule has 10 atom stereocenters. The number of anilines is 1. The molecule has 4 nitrogen and oxygen atoms in total. The molecule has 5 bridgehead atoms. The van der Waals surface area contributed by atoms with Crippen molar-refractivity contribution in [1.82, 2.24) is 0 Å². The predicted octanol–water partition coefficient (Wildman–Crippen LogP) is 2.09. The number of nitrogens with zero attached hydrogens (tertiary/aromatic N) is 2. The number of para-hydroxylation sites is 1. The van der Waals surface area contributed by atoms with Crippen LogP contribution in [0, 0.1) is 17.8 Å². The number of aliphatic hydroxyl groups excluding tert-OH is 2. The summed E-state index contributed by atoms with van der Waals surface area (Å²) in [4.78, 5) is 2.46. The molecule has 6 aliphatic rings. The minimum absolute atomic E-state index is 0.126. The quantitative estimate of drug-likeness (QED) is 0.799. The van der Waals surface area contributed by atoms with Crippen LogP contribution < -0.4 is 4.90 Å². The zero-order valence-corrected chi connectivity index (χ0v) is 16.0. The number of hydrogen-bond donors (Lipinski definition) is 2. The molecule has 1 spiro atoms. The van der Waals surface area contributed by atoms with E-state index in [0.717, 1.165) is 23.9 Å². The summed E-state index contributed by atoms with van der Waals surface area (Å²) in [5.74, 6) is 1.18. The SMILES string of the molecule is CC[C@@H]1[C@H]2C[C@H]3[C@@H]4N(C)c5ccccc5[C@@]45C[C@@H]([C@@H]2[C@@H]5O)[N@+]3(CC)[C@H]1O. The maximum atomic E-state index is 11.8. The normalized spacial score (nSPS) is 55.3. The van der Waals surface area contributed by atoms with Crippen molar-refractivity contribution in [2.75, 3.05) is 18.5 Å². The Morgan fingerprint density at radius 3 is 2.69 bits per heavy atom. The molecule has 26 heavy (non-hydrogen) atoms. The summed E-state index contributed by atoms with van der Waals surface area (Å²) in [5.41, 5.74) is 2.55. The molecule has 7 rings (SSSR count). The van der Waals surface area contributed by atoms with E-state index in [9.17, 15) is 10.2 Å². The van der Waals surface area contributed by atoms with E-state index in [-0.39, 0.29) is 17.7 Å². The van der Waals surface area contributed by atoms with Crippen LogP contribution in [0.15, 0.2) is 24.3 Å². The van der Waals surface area contributed by atoms with Gasteiger partial charge in [0, 0.05) is 37.4 Å².